The molecule has 0 saturated carbocycles. The number of guanidine groups is 1. The molecule has 0 unspecified atom stereocenters. The largest absolute Gasteiger partial charge is 0.722 e. The average Bonchev–Trinajstić information content (AvgIpc) is 2.35. The van der Waals surface area contributed by atoms with Crippen LogP contribution in [0.4, 0.5) is 5.69 Å². The number of hydrogen-bond donors (Lipinski definition) is 2. The third kappa shape index (κ3) is 3.07. The molecule has 0 atom stereocenters. The number of nitro benzene ring substituents is 1. The van der Waals surface area contributed by atoms with E-state index in [1.165, 1.54) is 25.3 Å². The first-order valence-corrected chi connectivity index (χ1v) is 4.67. The fraction of sp³-hybridized carbons (Fsp3) is 0.111. The molecule has 0 saturated heterocycles. The first kappa shape index (κ1) is 13.2. The minimum atomic E-state index is -0.574. The summed E-state index contributed by atoms with van der Waals surface area (Å²) in [5.74, 6) is -0.219. The Hall–Kier alpha value is -2.84. The predicted octanol–water partition coefficient (Wildman–Crippen LogP) is -0.279. The van der Waals surface area contributed by atoms with E-state index in [-0.39, 0.29) is 16.1 Å². The van der Waals surface area contributed by atoms with Crippen molar-refractivity contribution in [1.82, 2.24) is 0 Å². The van der Waals surface area contributed by atoms with Crippen molar-refractivity contribution in [3.63, 3.8) is 0 Å². The standard InChI is InChI=1S/C9H11N5O4/c1-18-8-3-2-7(14(16)17)4-6(8)5-12-13(15)9(10)11/h2-5H,10-11H2,1H3. The molecule has 96 valence electrons. The summed E-state index contributed by atoms with van der Waals surface area (Å²) in [5.41, 5.74) is 10.1. The third-order valence-electron chi connectivity index (χ3n) is 1.95. The molecule has 1 rings (SSSR count). The second-order valence-corrected chi connectivity index (χ2v) is 3.13. The lowest BCUT2D eigenvalue weighted by molar-refractivity contribution is -0.463. The van der Waals surface area contributed by atoms with E-state index >= 15 is 0 Å². The number of methoxy groups -OCH3 is 1. The number of nitrogens with two attached hydrogens (primary N) is 2. The summed E-state index contributed by atoms with van der Waals surface area (Å²) < 4.78 is 4.97. The summed E-state index contributed by atoms with van der Waals surface area (Å²) in [5, 5.41) is 25.0. The molecule has 0 radical (unpaired) electrons. The maximum absolute atomic E-state index is 11.0. The van der Waals surface area contributed by atoms with E-state index in [1.54, 1.807) is 0 Å². The summed E-state index contributed by atoms with van der Waals surface area (Å²) in [4.78, 5) is 10.0. The van der Waals surface area contributed by atoms with Crippen LogP contribution in [0.5, 0.6) is 5.75 Å². The van der Waals surface area contributed by atoms with Crippen molar-refractivity contribution in [3.8, 4) is 5.75 Å². The number of nitro groups is 1. The van der Waals surface area contributed by atoms with Crippen molar-refractivity contribution in [3.05, 3.63) is 39.1 Å². The summed E-state index contributed by atoms with van der Waals surface area (Å²) in [6, 6.07) is 3.88. The highest BCUT2D eigenvalue weighted by molar-refractivity contribution is 5.84. The summed E-state index contributed by atoms with van der Waals surface area (Å²) in [7, 11) is 1.39. The Morgan fingerprint density at radius 2 is 2.11 bits per heavy atom. The van der Waals surface area contributed by atoms with Gasteiger partial charge in [-0.15, -0.1) is 9.95 Å². The highest BCUT2D eigenvalue weighted by atomic mass is 16.6. The zero-order chi connectivity index (χ0) is 13.7. The second kappa shape index (κ2) is 5.48. The van der Waals surface area contributed by atoms with Crippen molar-refractivity contribution in [1.29, 1.82) is 0 Å². The zero-order valence-corrected chi connectivity index (χ0v) is 9.44. The highest BCUT2D eigenvalue weighted by Gasteiger charge is 2.09. The van der Waals surface area contributed by atoms with E-state index in [0.717, 1.165) is 6.21 Å². The second-order valence-electron chi connectivity index (χ2n) is 3.13. The molecule has 0 aliphatic carbocycles. The fourth-order valence-corrected chi connectivity index (χ4v) is 1.12. The van der Waals surface area contributed by atoms with Gasteiger partial charge in [0.15, 0.2) is 0 Å². The Morgan fingerprint density at radius 3 is 2.61 bits per heavy atom. The molecule has 0 heterocycles. The van der Waals surface area contributed by atoms with E-state index in [0.29, 0.717) is 5.75 Å². The van der Waals surface area contributed by atoms with Crippen LogP contribution in [-0.4, -0.2) is 29.1 Å². The lowest BCUT2D eigenvalue weighted by Gasteiger charge is -2.05. The van der Waals surface area contributed by atoms with Gasteiger partial charge in [0.2, 0.25) is 0 Å². The van der Waals surface area contributed by atoms with Gasteiger partial charge in [-0.3, -0.25) is 21.6 Å². The van der Waals surface area contributed by atoms with Crippen LogP contribution in [0.3, 0.4) is 0 Å². The van der Waals surface area contributed by atoms with Crippen molar-refractivity contribution >= 4 is 17.9 Å². The Balaban J connectivity index is 3.17. The van der Waals surface area contributed by atoms with Gasteiger partial charge < -0.3 is 9.94 Å². The number of rotatable bonds is 4. The molecule has 1 aromatic rings. The van der Waals surface area contributed by atoms with Gasteiger partial charge in [0.05, 0.1) is 18.2 Å². The van der Waals surface area contributed by atoms with Gasteiger partial charge in [0.1, 0.15) is 5.75 Å². The van der Waals surface area contributed by atoms with Gasteiger partial charge in [0.25, 0.3) is 5.69 Å². The Bertz CT molecular complexity index is 522. The van der Waals surface area contributed by atoms with Crippen molar-refractivity contribution < 1.29 is 14.5 Å². The van der Waals surface area contributed by atoms with Gasteiger partial charge in [0, 0.05) is 17.7 Å². The van der Waals surface area contributed by atoms with E-state index < -0.39 is 10.9 Å². The number of ether oxygens (including phenoxy) is 1. The molecule has 0 spiro atoms. The van der Waals surface area contributed by atoms with Gasteiger partial charge in [-0.05, 0) is 6.07 Å². The third-order valence-corrected chi connectivity index (χ3v) is 1.95. The highest BCUT2D eigenvalue weighted by Crippen LogP contribution is 2.22. The van der Waals surface area contributed by atoms with Crippen molar-refractivity contribution in [2.24, 2.45) is 16.6 Å². The quantitative estimate of drug-likeness (QED) is 0.188. The number of hydrazone groups is 1. The SMILES string of the molecule is COc1ccc([N+](=O)[O-])cc1C=N[N+]([O-])=C(N)N. The van der Waals surface area contributed by atoms with Crippen LogP contribution in [0.1, 0.15) is 5.56 Å². The van der Waals surface area contributed by atoms with Crippen LogP contribution in [-0.2, 0) is 0 Å². The molecule has 0 bridgehead atoms. The minimum absolute atomic E-state index is 0.0156. The Kier molecular flexibility index (Phi) is 4.02. The van der Waals surface area contributed by atoms with Gasteiger partial charge in [-0.2, -0.15) is 0 Å². The molecule has 18 heavy (non-hydrogen) atoms. The van der Waals surface area contributed by atoms with Gasteiger partial charge in [-0.1, -0.05) is 0 Å². The number of non-ortho nitro benzene ring substituents is 1. The van der Waals surface area contributed by atoms with Crippen LogP contribution in [0.2, 0.25) is 0 Å². The van der Waals surface area contributed by atoms with Gasteiger partial charge in [-0.25, -0.2) is 0 Å². The molecule has 0 fully saturated rings. The molecule has 4 N–H and O–H groups in total. The molecule has 0 aliphatic rings. The summed E-state index contributed by atoms with van der Waals surface area (Å²) >= 11 is 0. The fourth-order valence-electron chi connectivity index (χ4n) is 1.12. The summed E-state index contributed by atoms with van der Waals surface area (Å²) in [6.07, 6.45) is 1.07. The van der Waals surface area contributed by atoms with Crippen LogP contribution < -0.4 is 16.2 Å². The first-order valence-electron chi connectivity index (χ1n) is 4.67. The molecule has 9 heteroatoms. The smallest absolute Gasteiger partial charge is 0.366 e. The van der Waals surface area contributed by atoms with Gasteiger partial charge >= 0.3 is 5.96 Å². The zero-order valence-electron chi connectivity index (χ0n) is 9.44. The van der Waals surface area contributed by atoms with Crippen LogP contribution >= 0.6 is 0 Å². The molecular weight excluding hydrogens is 242 g/mol. The monoisotopic (exact) mass is 253 g/mol. The molecular formula is C9H11N5O4. The van der Waals surface area contributed by atoms with Crippen molar-refractivity contribution in [2.45, 2.75) is 0 Å². The number of hydrogen-bond acceptors (Lipinski definition) is 5. The van der Waals surface area contributed by atoms with Crippen LogP contribution in [0.15, 0.2) is 23.3 Å². The molecule has 9 nitrogen and oxygen atoms in total. The first-order chi connectivity index (χ1) is 8.45. The lowest BCUT2D eigenvalue weighted by atomic mass is 10.2. The van der Waals surface area contributed by atoms with Crippen LogP contribution in [0, 0.1) is 15.3 Å². The lowest BCUT2D eigenvalue weighted by Crippen LogP contribution is -2.30. The molecule has 0 amide bonds. The maximum Gasteiger partial charge on any atom is 0.366 e. The number of nitrogens with zero attached hydrogens (tertiary/aromatic N) is 3. The predicted molar refractivity (Wildman–Crippen MR) is 64.3 cm³/mol. The van der Waals surface area contributed by atoms with Crippen LogP contribution in [0.25, 0.3) is 0 Å². The van der Waals surface area contributed by atoms with E-state index in [2.05, 4.69) is 5.10 Å². The summed E-state index contributed by atoms with van der Waals surface area (Å²) in [6.45, 7) is 0. The molecule has 0 aromatic heterocycles. The van der Waals surface area contributed by atoms with E-state index in [9.17, 15) is 15.3 Å². The van der Waals surface area contributed by atoms with E-state index in [1.807, 2.05) is 0 Å². The molecule has 1 aromatic carbocycles. The van der Waals surface area contributed by atoms with E-state index in [4.69, 9.17) is 16.2 Å². The normalized spacial score (nSPS) is 10.3. The Labute approximate surface area is 102 Å². The maximum atomic E-state index is 11.0. The Morgan fingerprint density at radius 1 is 1.44 bits per heavy atom. The molecule has 0 aliphatic heterocycles. The average molecular weight is 253 g/mol. The minimum Gasteiger partial charge on any atom is -0.722 e. The topological polar surface area (TPSA) is 143 Å². The number of benzene rings is 1. The van der Waals surface area contributed by atoms with Crippen molar-refractivity contribution in [2.75, 3.05) is 7.11 Å².